The number of hydrogen-bond acceptors (Lipinski definition) is 4. The number of carbonyl (C=O) groups is 1. The molecule has 1 aliphatic heterocycles. The van der Waals surface area contributed by atoms with Gasteiger partial charge in [0, 0.05) is 18.8 Å². The largest absolute Gasteiger partial charge is 0.475 e. The van der Waals surface area contributed by atoms with E-state index < -0.39 is 41.3 Å². The van der Waals surface area contributed by atoms with Crippen molar-refractivity contribution in [2.45, 2.75) is 24.9 Å². The molecule has 0 aliphatic carbocycles. The lowest BCUT2D eigenvalue weighted by molar-refractivity contribution is -0.140. The van der Waals surface area contributed by atoms with Crippen molar-refractivity contribution >= 4 is 5.91 Å². The molecule has 2 aromatic rings. The molecule has 1 unspecified atom stereocenters. The van der Waals surface area contributed by atoms with E-state index in [4.69, 9.17) is 9.47 Å². The molecular formula is C20H17F7N2O3. The number of carbonyl (C=O) groups excluding carboxylic acids is 1. The second-order valence-corrected chi connectivity index (χ2v) is 7.02. The Morgan fingerprint density at radius 2 is 1.88 bits per heavy atom. The highest BCUT2D eigenvalue weighted by Gasteiger charge is 2.34. The highest BCUT2D eigenvalue weighted by Crippen LogP contribution is 2.32. The van der Waals surface area contributed by atoms with E-state index in [0.717, 1.165) is 18.2 Å². The van der Waals surface area contributed by atoms with Gasteiger partial charge in [0.15, 0.2) is 0 Å². The van der Waals surface area contributed by atoms with Gasteiger partial charge in [-0.2, -0.15) is 26.3 Å². The zero-order valence-electron chi connectivity index (χ0n) is 16.3. The molecule has 1 atom stereocenters. The van der Waals surface area contributed by atoms with Gasteiger partial charge in [0.25, 0.3) is 0 Å². The summed E-state index contributed by atoms with van der Waals surface area (Å²) < 4.78 is 100. The van der Waals surface area contributed by atoms with Crippen LogP contribution in [0.1, 0.15) is 16.7 Å². The molecule has 1 fully saturated rings. The summed E-state index contributed by atoms with van der Waals surface area (Å²) in [6, 6.07) is 4.20. The Kier molecular flexibility index (Phi) is 6.91. The third-order valence-electron chi connectivity index (χ3n) is 4.67. The Bertz CT molecular complexity index is 946. The SMILES string of the molecule is O=C(Cc1ccc(C(F)(F)F)c(F)c1)N1CCOC(COc2ccc(C(F)(F)F)cn2)C1. The molecule has 1 aromatic carbocycles. The monoisotopic (exact) mass is 466 g/mol. The first-order valence-corrected chi connectivity index (χ1v) is 9.34. The average molecular weight is 466 g/mol. The van der Waals surface area contributed by atoms with Gasteiger partial charge in [-0.3, -0.25) is 4.79 Å². The molecule has 1 aliphatic rings. The summed E-state index contributed by atoms with van der Waals surface area (Å²) in [5, 5.41) is 0. The third kappa shape index (κ3) is 6.09. The summed E-state index contributed by atoms with van der Waals surface area (Å²) in [5.41, 5.74) is -2.24. The van der Waals surface area contributed by atoms with Crippen LogP contribution < -0.4 is 4.74 Å². The van der Waals surface area contributed by atoms with Crippen molar-refractivity contribution in [3.05, 3.63) is 59.0 Å². The normalized spacial score (nSPS) is 17.3. The number of benzene rings is 1. The van der Waals surface area contributed by atoms with Crippen molar-refractivity contribution in [3.63, 3.8) is 0 Å². The van der Waals surface area contributed by atoms with E-state index in [1.54, 1.807) is 0 Å². The number of nitrogens with zero attached hydrogens (tertiary/aromatic N) is 2. The number of hydrogen-bond donors (Lipinski definition) is 0. The van der Waals surface area contributed by atoms with E-state index >= 15 is 0 Å². The minimum atomic E-state index is -4.83. The van der Waals surface area contributed by atoms with Gasteiger partial charge in [0.05, 0.1) is 30.7 Å². The van der Waals surface area contributed by atoms with Crippen molar-refractivity contribution in [2.24, 2.45) is 0 Å². The zero-order chi connectivity index (χ0) is 23.5. The van der Waals surface area contributed by atoms with Crippen molar-refractivity contribution in [1.29, 1.82) is 0 Å². The second-order valence-electron chi connectivity index (χ2n) is 7.02. The molecular weight excluding hydrogens is 449 g/mol. The van der Waals surface area contributed by atoms with E-state index in [1.807, 2.05) is 0 Å². The maximum Gasteiger partial charge on any atom is 0.419 e. The van der Waals surface area contributed by atoms with Crippen molar-refractivity contribution in [1.82, 2.24) is 9.88 Å². The van der Waals surface area contributed by atoms with Crippen molar-refractivity contribution in [3.8, 4) is 5.88 Å². The summed E-state index contributed by atoms with van der Waals surface area (Å²) in [4.78, 5) is 17.5. The van der Waals surface area contributed by atoms with Gasteiger partial charge in [-0.05, 0) is 23.8 Å². The molecule has 2 heterocycles. The topological polar surface area (TPSA) is 51.7 Å². The van der Waals surface area contributed by atoms with Crippen LogP contribution in [0.5, 0.6) is 5.88 Å². The molecule has 0 N–H and O–H groups in total. The number of amides is 1. The fourth-order valence-corrected chi connectivity index (χ4v) is 3.04. The zero-order valence-corrected chi connectivity index (χ0v) is 16.3. The van der Waals surface area contributed by atoms with Gasteiger partial charge in [-0.1, -0.05) is 6.07 Å². The Morgan fingerprint density at radius 3 is 2.47 bits per heavy atom. The van der Waals surface area contributed by atoms with Gasteiger partial charge in [-0.15, -0.1) is 0 Å². The van der Waals surface area contributed by atoms with Crippen LogP contribution in [0.3, 0.4) is 0 Å². The molecule has 12 heteroatoms. The molecule has 5 nitrogen and oxygen atoms in total. The van der Waals surface area contributed by atoms with Crippen LogP contribution in [-0.4, -0.2) is 48.2 Å². The van der Waals surface area contributed by atoms with E-state index in [2.05, 4.69) is 4.98 Å². The summed E-state index contributed by atoms with van der Waals surface area (Å²) >= 11 is 0. The van der Waals surface area contributed by atoms with E-state index in [9.17, 15) is 35.5 Å². The summed E-state index contributed by atoms with van der Waals surface area (Å²) in [6.45, 7) is 0.373. The first-order chi connectivity index (χ1) is 14.9. The highest BCUT2D eigenvalue weighted by molar-refractivity contribution is 5.79. The van der Waals surface area contributed by atoms with E-state index in [1.165, 1.54) is 4.90 Å². The number of rotatable bonds is 5. The molecule has 0 bridgehead atoms. The fraction of sp³-hybridized carbons (Fsp3) is 0.400. The number of alkyl halides is 6. The molecule has 0 radical (unpaired) electrons. The predicted octanol–water partition coefficient (Wildman–Crippen LogP) is 4.11. The third-order valence-corrected chi connectivity index (χ3v) is 4.67. The first kappa shape index (κ1) is 23.8. The minimum absolute atomic E-state index is 0.0507. The Balaban J connectivity index is 1.54. The van der Waals surface area contributed by atoms with Crippen molar-refractivity contribution in [2.75, 3.05) is 26.3 Å². The molecule has 0 spiro atoms. The maximum absolute atomic E-state index is 13.7. The van der Waals surface area contributed by atoms with Gasteiger partial charge in [0.2, 0.25) is 11.8 Å². The molecule has 1 saturated heterocycles. The van der Waals surface area contributed by atoms with Crippen LogP contribution in [0, 0.1) is 5.82 Å². The highest BCUT2D eigenvalue weighted by atomic mass is 19.4. The van der Waals surface area contributed by atoms with Gasteiger partial charge < -0.3 is 14.4 Å². The summed E-state index contributed by atoms with van der Waals surface area (Å²) in [5.74, 6) is -1.95. The smallest absolute Gasteiger partial charge is 0.419 e. The van der Waals surface area contributed by atoms with Crippen LogP contribution >= 0.6 is 0 Å². The lowest BCUT2D eigenvalue weighted by Crippen LogP contribution is -2.48. The second kappa shape index (κ2) is 9.31. The maximum atomic E-state index is 13.7. The molecule has 1 aromatic heterocycles. The summed E-state index contributed by atoms with van der Waals surface area (Å²) in [6.07, 6.45) is -9.61. The number of ether oxygens (including phenoxy) is 2. The number of aromatic nitrogens is 1. The standard InChI is InChI=1S/C20H17F7N2O3/c21-16-7-12(1-3-15(16)20(25,26)27)8-18(30)29-5-6-31-14(10-29)11-32-17-4-2-13(9-28-17)19(22,23)24/h1-4,7,9,14H,5-6,8,10-11H2. The summed E-state index contributed by atoms with van der Waals surface area (Å²) in [7, 11) is 0. The quantitative estimate of drug-likeness (QED) is 0.623. The molecule has 1 amide bonds. The van der Waals surface area contributed by atoms with Crippen molar-refractivity contribution < 1.29 is 45.0 Å². The Morgan fingerprint density at radius 1 is 1.12 bits per heavy atom. The van der Waals surface area contributed by atoms with Gasteiger partial charge in [0.1, 0.15) is 18.5 Å². The minimum Gasteiger partial charge on any atom is -0.475 e. The van der Waals surface area contributed by atoms with Crippen LogP contribution in [0.15, 0.2) is 36.5 Å². The Hall–Kier alpha value is -2.89. The number of pyridine rings is 1. The Labute approximate surface area is 177 Å². The van der Waals surface area contributed by atoms with Crippen LogP contribution in [0.2, 0.25) is 0 Å². The van der Waals surface area contributed by atoms with E-state index in [-0.39, 0.29) is 44.2 Å². The van der Waals surface area contributed by atoms with Crippen LogP contribution in [0.4, 0.5) is 30.7 Å². The van der Waals surface area contributed by atoms with Crippen LogP contribution in [0.25, 0.3) is 0 Å². The number of halogens is 7. The lowest BCUT2D eigenvalue weighted by Gasteiger charge is -2.32. The average Bonchev–Trinajstić information content (AvgIpc) is 2.71. The van der Waals surface area contributed by atoms with Crippen LogP contribution in [-0.2, 0) is 28.3 Å². The molecule has 3 rings (SSSR count). The van der Waals surface area contributed by atoms with Gasteiger partial charge in [-0.25, -0.2) is 9.37 Å². The first-order valence-electron chi connectivity index (χ1n) is 9.34. The fourth-order valence-electron chi connectivity index (χ4n) is 3.04. The van der Waals surface area contributed by atoms with Gasteiger partial charge >= 0.3 is 12.4 Å². The van der Waals surface area contributed by atoms with E-state index in [0.29, 0.717) is 18.3 Å². The lowest BCUT2D eigenvalue weighted by atomic mass is 10.1. The molecule has 174 valence electrons. The molecule has 0 saturated carbocycles. The molecule has 32 heavy (non-hydrogen) atoms. The number of morpholine rings is 1. The predicted molar refractivity (Wildman–Crippen MR) is 96.2 cm³/mol.